The number of urea groups is 1. The average molecular weight is 303 g/mol. The topological polar surface area (TPSA) is 52.7 Å². The van der Waals surface area contributed by atoms with Crippen molar-refractivity contribution in [2.75, 3.05) is 31.5 Å². The summed E-state index contributed by atoms with van der Waals surface area (Å²) in [4.78, 5) is 28.0. The minimum Gasteiger partial charge on any atom is -0.339 e. The third kappa shape index (κ3) is 4.76. The molecule has 1 heterocycles. The minimum atomic E-state index is -0.103. The zero-order chi connectivity index (χ0) is 16.2. The predicted molar refractivity (Wildman–Crippen MR) is 87.7 cm³/mol. The van der Waals surface area contributed by atoms with E-state index in [1.165, 1.54) is 0 Å². The number of hydrogen-bond acceptors (Lipinski definition) is 2. The van der Waals surface area contributed by atoms with E-state index in [2.05, 4.69) is 26.1 Å². The second kappa shape index (κ2) is 6.81. The number of para-hydroxylation sites is 1. The Morgan fingerprint density at radius 3 is 2.09 bits per heavy atom. The molecule has 0 bridgehead atoms. The van der Waals surface area contributed by atoms with Crippen LogP contribution in [0.4, 0.5) is 10.5 Å². The van der Waals surface area contributed by atoms with Gasteiger partial charge in [0.2, 0.25) is 5.91 Å². The Morgan fingerprint density at radius 2 is 1.55 bits per heavy atom. The van der Waals surface area contributed by atoms with Crippen LogP contribution in [0.25, 0.3) is 0 Å². The van der Waals surface area contributed by atoms with Crippen molar-refractivity contribution in [3.8, 4) is 0 Å². The fourth-order valence-corrected chi connectivity index (χ4v) is 2.45. The molecule has 0 unspecified atom stereocenters. The highest BCUT2D eigenvalue weighted by Crippen LogP contribution is 2.20. The summed E-state index contributed by atoms with van der Waals surface area (Å²) in [7, 11) is 0. The monoisotopic (exact) mass is 303 g/mol. The van der Waals surface area contributed by atoms with Crippen LogP contribution in [0.2, 0.25) is 0 Å². The predicted octanol–water partition coefficient (Wildman–Crippen LogP) is 2.80. The van der Waals surface area contributed by atoms with E-state index >= 15 is 0 Å². The first-order chi connectivity index (χ1) is 10.3. The number of carbonyl (C=O) groups excluding carboxylic acids is 2. The van der Waals surface area contributed by atoms with Gasteiger partial charge in [-0.05, 0) is 17.5 Å². The molecule has 1 fully saturated rings. The lowest BCUT2D eigenvalue weighted by Crippen LogP contribution is -2.52. The lowest BCUT2D eigenvalue weighted by Gasteiger charge is -2.35. The van der Waals surface area contributed by atoms with E-state index in [0.29, 0.717) is 32.6 Å². The molecule has 0 atom stereocenters. The lowest BCUT2D eigenvalue weighted by atomic mass is 9.91. The van der Waals surface area contributed by atoms with Crippen LogP contribution in [0.15, 0.2) is 30.3 Å². The molecule has 1 N–H and O–H groups in total. The van der Waals surface area contributed by atoms with Gasteiger partial charge in [-0.15, -0.1) is 0 Å². The third-order valence-corrected chi connectivity index (χ3v) is 3.63. The molecule has 0 aromatic heterocycles. The van der Waals surface area contributed by atoms with E-state index in [1.807, 2.05) is 35.2 Å². The van der Waals surface area contributed by atoms with Crippen LogP contribution in [-0.2, 0) is 4.79 Å². The van der Waals surface area contributed by atoms with Crippen molar-refractivity contribution >= 4 is 17.6 Å². The summed E-state index contributed by atoms with van der Waals surface area (Å²) in [5.74, 6) is 0.176. The molecule has 22 heavy (non-hydrogen) atoms. The van der Waals surface area contributed by atoms with Crippen LogP contribution in [0.3, 0.4) is 0 Å². The van der Waals surface area contributed by atoms with Gasteiger partial charge in [0.1, 0.15) is 0 Å². The van der Waals surface area contributed by atoms with E-state index < -0.39 is 0 Å². The molecule has 0 spiro atoms. The molecule has 1 aliphatic rings. The molecule has 0 aliphatic carbocycles. The molecular formula is C17H25N3O2. The normalized spacial score (nSPS) is 15.6. The van der Waals surface area contributed by atoms with Crippen molar-refractivity contribution in [2.24, 2.45) is 5.41 Å². The lowest BCUT2D eigenvalue weighted by molar-refractivity contribution is -0.134. The summed E-state index contributed by atoms with van der Waals surface area (Å²) in [5.41, 5.74) is 0.789. The molecule has 3 amide bonds. The molecule has 0 saturated carbocycles. The molecule has 0 radical (unpaired) electrons. The fraction of sp³-hybridized carbons (Fsp3) is 0.529. The standard InChI is InChI=1S/C17H25N3O2/c1-17(2,3)13-15(21)19-9-11-20(12-10-19)16(22)18-14-7-5-4-6-8-14/h4-8H,9-13H2,1-3H3,(H,18,22). The number of benzene rings is 1. The van der Waals surface area contributed by atoms with Crippen LogP contribution in [0.5, 0.6) is 0 Å². The number of nitrogens with zero attached hydrogens (tertiary/aromatic N) is 2. The SMILES string of the molecule is CC(C)(C)CC(=O)N1CCN(C(=O)Nc2ccccc2)CC1. The Morgan fingerprint density at radius 1 is 1.00 bits per heavy atom. The number of carbonyl (C=O) groups is 2. The molecular weight excluding hydrogens is 278 g/mol. The van der Waals surface area contributed by atoms with Crippen molar-refractivity contribution in [1.29, 1.82) is 0 Å². The highest BCUT2D eigenvalue weighted by Gasteiger charge is 2.26. The van der Waals surface area contributed by atoms with E-state index in [9.17, 15) is 9.59 Å². The maximum absolute atomic E-state index is 12.2. The van der Waals surface area contributed by atoms with Gasteiger partial charge in [-0.25, -0.2) is 4.79 Å². The maximum Gasteiger partial charge on any atom is 0.321 e. The molecule has 120 valence electrons. The minimum absolute atomic E-state index is 0.00109. The highest BCUT2D eigenvalue weighted by molar-refractivity contribution is 5.89. The van der Waals surface area contributed by atoms with E-state index in [-0.39, 0.29) is 17.4 Å². The van der Waals surface area contributed by atoms with Gasteiger partial charge >= 0.3 is 6.03 Å². The zero-order valence-electron chi connectivity index (χ0n) is 13.6. The van der Waals surface area contributed by atoms with Gasteiger partial charge in [0.15, 0.2) is 0 Å². The quantitative estimate of drug-likeness (QED) is 0.913. The second-order valence-corrected chi connectivity index (χ2v) is 6.90. The van der Waals surface area contributed by atoms with Crippen LogP contribution in [-0.4, -0.2) is 47.9 Å². The molecule has 1 saturated heterocycles. The van der Waals surface area contributed by atoms with Crippen molar-refractivity contribution in [1.82, 2.24) is 9.80 Å². The summed E-state index contributed by atoms with van der Waals surface area (Å²) in [6.07, 6.45) is 0.545. The second-order valence-electron chi connectivity index (χ2n) is 6.90. The Bertz CT molecular complexity index is 514. The zero-order valence-corrected chi connectivity index (χ0v) is 13.6. The van der Waals surface area contributed by atoms with Gasteiger partial charge in [0.05, 0.1) is 0 Å². The maximum atomic E-state index is 12.2. The van der Waals surface area contributed by atoms with E-state index in [4.69, 9.17) is 0 Å². The van der Waals surface area contributed by atoms with Crippen molar-refractivity contribution < 1.29 is 9.59 Å². The Balaban J connectivity index is 1.82. The molecule has 1 aromatic carbocycles. The highest BCUT2D eigenvalue weighted by atomic mass is 16.2. The van der Waals surface area contributed by atoms with Gasteiger partial charge in [0.25, 0.3) is 0 Å². The number of hydrogen-bond donors (Lipinski definition) is 1. The summed E-state index contributed by atoms with van der Waals surface area (Å²) in [6, 6.07) is 9.31. The summed E-state index contributed by atoms with van der Waals surface area (Å²) in [5, 5.41) is 2.88. The summed E-state index contributed by atoms with van der Waals surface area (Å²) in [6.45, 7) is 8.56. The Labute approximate surface area is 132 Å². The molecule has 1 aliphatic heterocycles. The van der Waals surface area contributed by atoms with Crippen molar-refractivity contribution in [3.05, 3.63) is 30.3 Å². The Kier molecular flexibility index (Phi) is 5.06. The first-order valence-corrected chi connectivity index (χ1v) is 7.74. The van der Waals surface area contributed by atoms with Gasteiger partial charge < -0.3 is 15.1 Å². The third-order valence-electron chi connectivity index (χ3n) is 3.63. The first kappa shape index (κ1) is 16.3. The van der Waals surface area contributed by atoms with Gasteiger partial charge in [-0.3, -0.25) is 4.79 Å². The largest absolute Gasteiger partial charge is 0.339 e. The number of nitrogens with one attached hydrogen (secondary N) is 1. The molecule has 5 heteroatoms. The van der Waals surface area contributed by atoms with E-state index in [1.54, 1.807) is 4.90 Å². The first-order valence-electron chi connectivity index (χ1n) is 7.74. The van der Waals surface area contributed by atoms with Crippen LogP contribution >= 0.6 is 0 Å². The molecule has 1 aromatic rings. The van der Waals surface area contributed by atoms with E-state index in [0.717, 1.165) is 5.69 Å². The number of piperazine rings is 1. The van der Waals surface area contributed by atoms with Gasteiger partial charge in [-0.2, -0.15) is 0 Å². The van der Waals surface area contributed by atoms with Crippen molar-refractivity contribution in [2.45, 2.75) is 27.2 Å². The molecule has 5 nitrogen and oxygen atoms in total. The Hall–Kier alpha value is -2.04. The number of rotatable bonds is 2. The smallest absolute Gasteiger partial charge is 0.321 e. The average Bonchev–Trinajstić information content (AvgIpc) is 2.46. The van der Waals surface area contributed by atoms with Crippen LogP contribution in [0, 0.1) is 5.41 Å². The fourth-order valence-electron chi connectivity index (χ4n) is 2.45. The van der Waals surface area contributed by atoms with Gasteiger partial charge in [0, 0.05) is 38.3 Å². The summed E-state index contributed by atoms with van der Waals surface area (Å²) < 4.78 is 0. The number of amides is 3. The van der Waals surface area contributed by atoms with Crippen LogP contribution < -0.4 is 5.32 Å². The number of anilines is 1. The summed E-state index contributed by atoms with van der Waals surface area (Å²) >= 11 is 0. The molecule has 2 rings (SSSR count). The van der Waals surface area contributed by atoms with Gasteiger partial charge in [-0.1, -0.05) is 39.0 Å². The van der Waals surface area contributed by atoms with Crippen LogP contribution in [0.1, 0.15) is 27.2 Å². The van der Waals surface area contributed by atoms with Crippen molar-refractivity contribution in [3.63, 3.8) is 0 Å².